The Hall–Kier alpha value is -1.35. The molecule has 18 heavy (non-hydrogen) atoms. The molecule has 2 heterocycles. The van der Waals surface area contributed by atoms with Crippen LogP contribution < -0.4 is 5.73 Å². The van der Waals surface area contributed by atoms with Gasteiger partial charge in [0.25, 0.3) is 0 Å². The summed E-state index contributed by atoms with van der Waals surface area (Å²) in [6.45, 7) is 2.35. The van der Waals surface area contributed by atoms with Crippen LogP contribution in [0.2, 0.25) is 0 Å². The van der Waals surface area contributed by atoms with Crippen LogP contribution >= 0.6 is 0 Å². The summed E-state index contributed by atoms with van der Waals surface area (Å²) in [4.78, 5) is 14.1. The van der Waals surface area contributed by atoms with E-state index in [1.165, 1.54) is 25.8 Å². The number of carbonyl (C=O) groups is 1. The number of fused-ring (bicyclic) bond motifs is 2. The first-order valence-electron chi connectivity index (χ1n) is 6.88. The lowest BCUT2D eigenvalue weighted by atomic mass is 9.82. The average molecular weight is 244 g/mol. The fourth-order valence-electron chi connectivity index (χ4n) is 3.56. The topological polar surface area (TPSA) is 46.3 Å². The molecule has 0 spiro atoms. The number of piperidine rings is 2. The fraction of sp³-hybridized carbons (Fsp3) is 0.533. The maximum atomic E-state index is 11.5. The number of primary amides is 1. The zero-order chi connectivity index (χ0) is 12.5. The van der Waals surface area contributed by atoms with Crippen molar-refractivity contribution < 1.29 is 4.79 Å². The van der Waals surface area contributed by atoms with Gasteiger partial charge in [-0.3, -0.25) is 9.69 Å². The number of nitrogens with zero attached hydrogens (tertiary/aromatic N) is 1. The Morgan fingerprint density at radius 2 is 2.06 bits per heavy atom. The number of benzene rings is 1. The third kappa shape index (κ3) is 2.03. The van der Waals surface area contributed by atoms with E-state index in [0.29, 0.717) is 11.6 Å². The molecule has 2 fully saturated rings. The molecule has 0 saturated carbocycles. The van der Waals surface area contributed by atoms with Gasteiger partial charge >= 0.3 is 0 Å². The highest BCUT2D eigenvalue weighted by Gasteiger charge is 2.33. The summed E-state index contributed by atoms with van der Waals surface area (Å²) in [5.41, 5.74) is 7.32. The molecule has 3 unspecified atom stereocenters. The van der Waals surface area contributed by atoms with Gasteiger partial charge in [-0.15, -0.1) is 0 Å². The van der Waals surface area contributed by atoms with E-state index >= 15 is 0 Å². The highest BCUT2D eigenvalue weighted by molar-refractivity contribution is 5.94. The van der Waals surface area contributed by atoms with Crippen LogP contribution in [0.3, 0.4) is 0 Å². The highest BCUT2D eigenvalue weighted by atomic mass is 16.1. The maximum Gasteiger partial charge on any atom is 0.249 e. The molecule has 2 aliphatic rings. The van der Waals surface area contributed by atoms with Gasteiger partial charge in [0.2, 0.25) is 5.91 Å². The van der Waals surface area contributed by atoms with Crippen molar-refractivity contribution in [1.29, 1.82) is 0 Å². The molecule has 1 amide bonds. The van der Waals surface area contributed by atoms with Crippen LogP contribution in [0.5, 0.6) is 0 Å². The Bertz CT molecular complexity index is 458. The molecule has 3 atom stereocenters. The lowest BCUT2D eigenvalue weighted by molar-refractivity contribution is 0.0663. The Labute approximate surface area is 108 Å². The zero-order valence-electron chi connectivity index (χ0n) is 10.6. The van der Waals surface area contributed by atoms with Gasteiger partial charge in [0.1, 0.15) is 0 Å². The molecule has 0 radical (unpaired) electrons. The quantitative estimate of drug-likeness (QED) is 0.868. The van der Waals surface area contributed by atoms with Gasteiger partial charge in [0, 0.05) is 18.2 Å². The normalized spacial score (nSPS) is 31.0. The Balaban J connectivity index is 1.92. The largest absolute Gasteiger partial charge is 0.366 e. The molecule has 2 N–H and O–H groups in total. The van der Waals surface area contributed by atoms with Crippen LogP contribution in [0.4, 0.5) is 0 Å². The summed E-state index contributed by atoms with van der Waals surface area (Å²) < 4.78 is 0. The molecule has 1 aromatic carbocycles. The Morgan fingerprint density at radius 1 is 1.22 bits per heavy atom. The SMILES string of the molecule is NC(=O)c1ccccc1C1CCC2CCCN1C2. The maximum absolute atomic E-state index is 11.5. The van der Waals surface area contributed by atoms with E-state index in [4.69, 9.17) is 5.73 Å². The van der Waals surface area contributed by atoms with Crippen LogP contribution in [-0.2, 0) is 0 Å². The molecule has 0 aromatic heterocycles. The molecule has 2 bridgehead atoms. The number of amides is 1. The van der Waals surface area contributed by atoms with Crippen molar-refractivity contribution >= 4 is 5.91 Å². The first kappa shape index (κ1) is 11.7. The summed E-state index contributed by atoms with van der Waals surface area (Å²) in [6, 6.07) is 8.22. The highest BCUT2D eigenvalue weighted by Crippen LogP contribution is 2.38. The third-order valence-corrected chi connectivity index (χ3v) is 4.42. The van der Waals surface area contributed by atoms with Crippen LogP contribution in [-0.4, -0.2) is 23.9 Å². The minimum absolute atomic E-state index is 0.301. The predicted octanol–water partition coefficient (Wildman–Crippen LogP) is 2.33. The summed E-state index contributed by atoms with van der Waals surface area (Å²) in [5.74, 6) is 0.570. The van der Waals surface area contributed by atoms with Crippen molar-refractivity contribution in [1.82, 2.24) is 4.90 Å². The van der Waals surface area contributed by atoms with Crippen molar-refractivity contribution in [3.63, 3.8) is 0 Å². The molecule has 2 aliphatic heterocycles. The zero-order valence-corrected chi connectivity index (χ0v) is 10.6. The van der Waals surface area contributed by atoms with Gasteiger partial charge in [-0.25, -0.2) is 0 Å². The van der Waals surface area contributed by atoms with E-state index in [1.54, 1.807) is 0 Å². The Morgan fingerprint density at radius 3 is 2.89 bits per heavy atom. The van der Waals surface area contributed by atoms with Gasteiger partial charge in [0.05, 0.1) is 0 Å². The van der Waals surface area contributed by atoms with Gasteiger partial charge in [-0.05, 0) is 49.8 Å². The molecule has 0 aliphatic carbocycles. The van der Waals surface area contributed by atoms with Crippen LogP contribution in [0.15, 0.2) is 24.3 Å². The molecule has 3 nitrogen and oxygen atoms in total. The van der Waals surface area contributed by atoms with Gasteiger partial charge in [-0.2, -0.15) is 0 Å². The second kappa shape index (κ2) is 4.73. The van der Waals surface area contributed by atoms with Crippen LogP contribution in [0.25, 0.3) is 0 Å². The standard InChI is InChI=1S/C15H20N2O/c16-15(18)13-6-2-1-5-12(13)14-8-7-11-4-3-9-17(14)10-11/h1-2,5-6,11,14H,3-4,7-10H2,(H2,16,18). The molecule has 3 heteroatoms. The number of hydrogen-bond acceptors (Lipinski definition) is 2. The van der Waals surface area contributed by atoms with Gasteiger partial charge in [0.15, 0.2) is 0 Å². The molecule has 3 rings (SSSR count). The lowest BCUT2D eigenvalue weighted by Gasteiger charge is -2.44. The monoisotopic (exact) mass is 244 g/mol. The number of nitrogens with two attached hydrogens (primary N) is 1. The van der Waals surface area contributed by atoms with Crippen molar-refractivity contribution in [2.75, 3.05) is 13.1 Å². The van der Waals surface area contributed by atoms with E-state index in [-0.39, 0.29) is 5.91 Å². The molecule has 2 saturated heterocycles. The smallest absolute Gasteiger partial charge is 0.249 e. The van der Waals surface area contributed by atoms with Gasteiger partial charge in [-0.1, -0.05) is 18.2 Å². The van der Waals surface area contributed by atoms with Crippen LogP contribution in [0, 0.1) is 5.92 Å². The minimum Gasteiger partial charge on any atom is -0.366 e. The predicted molar refractivity (Wildman–Crippen MR) is 71.2 cm³/mol. The number of carbonyl (C=O) groups excluding carboxylic acids is 1. The minimum atomic E-state index is -0.301. The second-order valence-electron chi connectivity index (χ2n) is 5.55. The summed E-state index contributed by atoms with van der Waals surface area (Å²) >= 11 is 0. The van der Waals surface area contributed by atoms with E-state index in [0.717, 1.165) is 24.4 Å². The third-order valence-electron chi connectivity index (χ3n) is 4.42. The number of rotatable bonds is 2. The summed E-state index contributed by atoms with van der Waals surface area (Å²) in [7, 11) is 0. The average Bonchev–Trinajstić information content (AvgIpc) is 2.39. The van der Waals surface area contributed by atoms with Gasteiger partial charge < -0.3 is 5.73 Å². The first-order valence-corrected chi connectivity index (χ1v) is 6.88. The molecular formula is C15H20N2O. The fourth-order valence-corrected chi connectivity index (χ4v) is 3.56. The van der Waals surface area contributed by atoms with Crippen molar-refractivity contribution in [2.45, 2.75) is 31.7 Å². The molecular weight excluding hydrogens is 224 g/mol. The summed E-state index contributed by atoms with van der Waals surface area (Å²) in [6.07, 6.45) is 5.11. The molecule has 1 aromatic rings. The van der Waals surface area contributed by atoms with E-state index in [9.17, 15) is 4.79 Å². The van der Waals surface area contributed by atoms with Crippen LogP contribution in [0.1, 0.15) is 47.6 Å². The van der Waals surface area contributed by atoms with Crippen molar-refractivity contribution in [3.05, 3.63) is 35.4 Å². The van der Waals surface area contributed by atoms with E-state index in [2.05, 4.69) is 11.0 Å². The van der Waals surface area contributed by atoms with Crippen molar-refractivity contribution in [3.8, 4) is 0 Å². The van der Waals surface area contributed by atoms with E-state index < -0.39 is 0 Å². The second-order valence-corrected chi connectivity index (χ2v) is 5.55. The lowest BCUT2D eigenvalue weighted by Crippen LogP contribution is -2.42. The molecule has 96 valence electrons. The summed E-state index contributed by atoms with van der Waals surface area (Å²) in [5, 5.41) is 0. The number of hydrogen-bond donors (Lipinski definition) is 1. The first-order chi connectivity index (χ1) is 8.75. The van der Waals surface area contributed by atoms with Crippen molar-refractivity contribution in [2.24, 2.45) is 11.7 Å². The Kier molecular flexibility index (Phi) is 3.08. The van der Waals surface area contributed by atoms with E-state index in [1.807, 2.05) is 18.2 Å².